The maximum atomic E-state index is 11.4. The van der Waals surface area contributed by atoms with Gasteiger partial charge in [0.2, 0.25) is 11.9 Å². The number of nitrogens with one attached hydrogen (secondary N) is 1. The van der Waals surface area contributed by atoms with Gasteiger partial charge in [0.15, 0.2) is 5.82 Å². The first-order valence-corrected chi connectivity index (χ1v) is 7.78. The second-order valence-electron chi connectivity index (χ2n) is 5.65. The van der Waals surface area contributed by atoms with Gasteiger partial charge < -0.3 is 19.9 Å². The van der Waals surface area contributed by atoms with E-state index in [1.807, 2.05) is 4.90 Å². The molecule has 1 N–H and O–H groups in total. The van der Waals surface area contributed by atoms with Crippen LogP contribution in [0.5, 0.6) is 0 Å². The minimum atomic E-state index is 0.124. The molecule has 0 saturated carbocycles. The van der Waals surface area contributed by atoms with Crippen molar-refractivity contribution < 1.29 is 9.53 Å². The lowest BCUT2D eigenvalue weighted by Crippen LogP contribution is -2.48. The average molecular weight is 306 g/mol. The molecule has 0 aliphatic carbocycles. The Kier molecular flexibility index (Phi) is 4.67. The van der Waals surface area contributed by atoms with E-state index in [4.69, 9.17) is 4.74 Å². The minimum Gasteiger partial charge on any atom is -0.376 e. The molecule has 1 amide bonds. The fourth-order valence-corrected chi connectivity index (χ4v) is 2.78. The van der Waals surface area contributed by atoms with Crippen molar-refractivity contribution in [2.75, 3.05) is 49.5 Å². The lowest BCUT2D eigenvalue weighted by atomic mass is 10.2. The molecule has 2 aliphatic heterocycles. The Balaban J connectivity index is 1.55. The molecule has 2 aliphatic rings. The van der Waals surface area contributed by atoms with Gasteiger partial charge in [0, 0.05) is 46.3 Å². The lowest BCUT2D eigenvalue weighted by Gasteiger charge is -2.34. The van der Waals surface area contributed by atoms with Gasteiger partial charge in [-0.2, -0.15) is 10.1 Å². The van der Waals surface area contributed by atoms with Crippen LogP contribution in [0.4, 0.5) is 11.8 Å². The highest BCUT2D eigenvalue weighted by molar-refractivity contribution is 5.73. The van der Waals surface area contributed by atoms with Crippen molar-refractivity contribution in [1.29, 1.82) is 0 Å². The van der Waals surface area contributed by atoms with Crippen LogP contribution >= 0.6 is 0 Å². The van der Waals surface area contributed by atoms with Crippen molar-refractivity contribution in [3.63, 3.8) is 0 Å². The van der Waals surface area contributed by atoms with Crippen LogP contribution in [0.1, 0.15) is 19.8 Å². The van der Waals surface area contributed by atoms with Gasteiger partial charge in [-0.1, -0.05) is 0 Å². The number of aromatic nitrogens is 3. The van der Waals surface area contributed by atoms with Crippen molar-refractivity contribution in [2.24, 2.45) is 0 Å². The number of piperazine rings is 1. The van der Waals surface area contributed by atoms with Gasteiger partial charge in [-0.25, -0.2) is 0 Å². The van der Waals surface area contributed by atoms with E-state index in [2.05, 4.69) is 25.4 Å². The number of ether oxygens (including phenoxy) is 1. The summed E-state index contributed by atoms with van der Waals surface area (Å²) in [6, 6.07) is 0. The topological polar surface area (TPSA) is 83.5 Å². The second-order valence-corrected chi connectivity index (χ2v) is 5.65. The third-order valence-electron chi connectivity index (χ3n) is 4.11. The summed E-state index contributed by atoms with van der Waals surface area (Å²) in [5.41, 5.74) is 0. The molecular weight excluding hydrogens is 284 g/mol. The summed E-state index contributed by atoms with van der Waals surface area (Å²) in [6.45, 7) is 6.13. The van der Waals surface area contributed by atoms with Crippen LogP contribution < -0.4 is 10.2 Å². The molecule has 0 aromatic carbocycles. The van der Waals surface area contributed by atoms with Gasteiger partial charge in [0.25, 0.3) is 0 Å². The normalized spacial score (nSPS) is 22.0. The quantitative estimate of drug-likeness (QED) is 0.846. The molecule has 1 atom stereocenters. The van der Waals surface area contributed by atoms with Crippen molar-refractivity contribution in [3.8, 4) is 0 Å². The zero-order chi connectivity index (χ0) is 15.4. The van der Waals surface area contributed by atoms with Crippen LogP contribution in [0.2, 0.25) is 0 Å². The molecule has 0 radical (unpaired) electrons. The second kappa shape index (κ2) is 6.87. The molecular formula is C14H22N6O2. The van der Waals surface area contributed by atoms with Crippen LogP contribution in [0.25, 0.3) is 0 Å². The summed E-state index contributed by atoms with van der Waals surface area (Å²) in [6.07, 6.45) is 4.10. The highest BCUT2D eigenvalue weighted by atomic mass is 16.5. The molecule has 22 heavy (non-hydrogen) atoms. The van der Waals surface area contributed by atoms with Crippen molar-refractivity contribution in [3.05, 3.63) is 6.20 Å². The van der Waals surface area contributed by atoms with Crippen molar-refractivity contribution in [1.82, 2.24) is 20.1 Å². The molecule has 1 unspecified atom stereocenters. The van der Waals surface area contributed by atoms with E-state index in [-0.39, 0.29) is 12.0 Å². The fraction of sp³-hybridized carbons (Fsp3) is 0.714. The maximum Gasteiger partial charge on any atom is 0.244 e. The number of nitrogens with zero attached hydrogens (tertiary/aromatic N) is 5. The first kappa shape index (κ1) is 15.0. The Labute approximate surface area is 129 Å². The van der Waals surface area contributed by atoms with E-state index in [9.17, 15) is 4.79 Å². The number of carbonyl (C=O) groups excluding carboxylic acids is 1. The molecule has 2 fully saturated rings. The number of anilines is 2. The third-order valence-corrected chi connectivity index (χ3v) is 4.11. The molecule has 1 aromatic rings. The molecule has 0 bridgehead atoms. The Morgan fingerprint density at radius 1 is 1.41 bits per heavy atom. The van der Waals surface area contributed by atoms with Gasteiger partial charge >= 0.3 is 0 Å². The Hall–Kier alpha value is -1.96. The minimum absolute atomic E-state index is 0.124. The summed E-state index contributed by atoms with van der Waals surface area (Å²) in [4.78, 5) is 19.8. The molecule has 1 aromatic heterocycles. The van der Waals surface area contributed by atoms with Gasteiger partial charge in [0.1, 0.15) is 0 Å². The zero-order valence-electron chi connectivity index (χ0n) is 12.9. The van der Waals surface area contributed by atoms with Gasteiger partial charge in [-0.05, 0) is 12.8 Å². The molecule has 8 heteroatoms. The van der Waals surface area contributed by atoms with Gasteiger partial charge in [-0.3, -0.25) is 4.79 Å². The first-order chi connectivity index (χ1) is 10.7. The average Bonchev–Trinajstić information content (AvgIpc) is 3.07. The maximum absolute atomic E-state index is 11.4. The third kappa shape index (κ3) is 3.62. The number of carbonyl (C=O) groups is 1. The summed E-state index contributed by atoms with van der Waals surface area (Å²) < 4.78 is 5.57. The van der Waals surface area contributed by atoms with Crippen LogP contribution in [-0.4, -0.2) is 71.4 Å². The highest BCUT2D eigenvalue weighted by Crippen LogP contribution is 2.15. The Morgan fingerprint density at radius 2 is 2.23 bits per heavy atom. The van der Waals surface area contributed by atoms with E-state index < -0.39 is 0 Å². The van der Waals surface area contributed by atoms with E-state index in [1.54, 1.807) is 13.1 Å². The SMILES string of the molecule is CC(=O)N1CCN(c2cnnc(NCC3CCCO3)n2)CC1. The standard InChI is InChI=1S/C14H22N6O2/c1-11(21)19-4-6-20(7-5-19)13-10-16-18-14(17-13)15-9-12-3-2-8-22-12/h10,12H,2-9H2,1H3,(H,15,17,18). The van der Waals surface area contributed by atoms with E-state index in [0.717, 1.165) is 51.4 Å². The largest absolute Gasteiger partial charge is 0.376 e. The Bertz CT molecular complexity index is 512. The fourth-order valence-electron chi connectivity index (χ4n) is 2.78. The summed E-state index contributed by atoms with van der Waals surface area (Å²) >= 11 is 0. The zero-order valence-corrected chi connectivity index (χ0v) is 12.9. The molecule has 120 valence electrons. The van der Waals surface area contributed by atoms with Crippen LogP contribution in [0.3, 0.4) is 0 Å². The number of hydrogen-bond donors (Lipinski definition) is 1. The predicted octanol–water partition coefficient (Wildman–Crippen LogP) is 0.131. The van der Waals surface area contributed by atoms with E-state index in [1.165, 1.54) is 0 Å². The summed E-state index contributed by atoms with van der Waals surface area (Å²) in [5, 5.41) is 11.2. The smallest absolute Gasteiger partial charge is 0.244 e. The van der Waals surface area contributed by atoms with Crippen LogP contribution in [0, 0.1) is 0 Å². The van der Waals surface area contributed by atoms with Crippen LogP contribution in [-0.2, 0) is 9.53 Å². The van der Waals surface area contributed by atoms with E-state index in [0.29, 0.717) is 12.5 Å². The lowest BCUT2D eigenvalue weighted by molar-refractivity contribution is -0.129. The number of rotatable bonds is 4. The highest BCUT2D eigenvalue weighted by Gasteiger charge is 2.20. The van der Waals surface area contributed by atoms with Gasteiger partial charge in [0.05, 0.1) is 12.3 Å². The predicted molar refractivity (Wildman–Crippen MR) is 81.8 cm³/mol. The molecule has 3 rings (SSSR count). The van der Waals surface area contributed by atoms with E-state index >= 15 is 0 Å². The summed E-state index contributed by atoms with van der Waals surface area (Å²) in [7, 11) is 0. The number of amides is 1. The summed E-state index contributed by atoms with van der Waals surface area (Å²) in [5.74, 6) is 1.45. The van der Waals surface area contributed by atoms with Gasteiger partial charge in [-0.15, -0.1) is 5.10 Å². The number of hydrogen-bond acceptors (Lipinski definition) is 7. The molecule has 2 saturated heterocycles. The van der Waals surface area contributed by atoms with Crippen molar-refractivity contribution >= 4 is 17.7 Å². The molecule has 8 nitrogen and oxygen atoms in total. The van der Waals surface area contributed by atoms with Crippen LogP contribution in [0.15, 0.2) is 6.20 Å². The molecule has 3 heterocycles. The monoisotopic (exact) mass is 306 g/mol. The Morgan fingerprint density at radius 3 is 2.91 bits per heavy atom. The first-order valence-electron chi connectivity index (χ1n) is 7.78. The molecule has 0 spiro atoms. The van der Waals surface area contributed by atoms with Crippen molar-refractivity contribution in [2.45, 2.75) is 25.9 Å².